The van der Waals surface area contributed by atoms with Gasteiger partial charge in [-0.1, -0.05) is 15.9 Å². The van der Waals surface area contributed by atoms with Gasteiger partial charge in [0.1, 0.15) is 0 Å². The van der Waals surface area contributed by atoms with E-state index in [4.69, 9.17) is 0 Å². The minimum Gasteiger partial charge on any atom is -0.326 e. The van der Waals surface area contributed by atoms with Gasteiger partial charge in [-0.05, 0) is 30.5 Å². The van der Waals surface area contributed by atoms with Crippen LogP contribution in [0.1, 0.15) is 18.4 Å². The van der Waals surface area contributed by atoms with Gasteiger partial charge in [-0.3, -0.25) is 4.79 Å². The van der Waals surface area contributed by atoms with Crippen LogP contribution in [0.25, 0.3) is 0 Å². The second kappa shape index (κ2) is 6.19. The molecule has 0 bridgehead atoms. The van der Waals surface area contributed by atoms with Gasteiger partial charge in [-0.2, -0.15) is 13.2 Å². The van der Waals surface area contributed by atoms with Gasteiger partial charge in [-0.25, -0.2) is 8.42 Å². The summed E-state index contributed by atoms with van der Waals surface area (Å²) in [6.45, 7) is 0. The molecule has 4 nitrogen and oxygen atoms in total. The van der Waals surface area contributed by atoms with Crippen molar-refractivity contribution in [3.8, 4) is 0 Å². The van der Waals surface area contributed by atoms with Crippen LogP contribution in [-0.2, 0) is 20.8 Å². The highest BCUT2D eigenvalue weighted by Gasteiger charge is 2.33. The average Bonchev–Trinajstić information content (AvgIpc) is 2.69. The Kier molecular flexibility index (Phi) is 4.86. The molecule has 1 fully saturated rings. The van der Waals surface area contributed by atoms with Crippen molar-refractivity contribution in [2.45, 2.75) is 19.0 Å². The van der Waals surface area contributed by atoms with E-state index < -0.39 is 27.5 Å². The Labute approximate surface area is 134 Å². The lowest BCUT2D eigenvalue weighted by Crippen LogP contribution is -2.18. The smallest absolute Gasteiger partial charge is 0.326 e. The van der Waals surface area contributed by atoms with Crippen molar-refractivity contribution in [1.82, 2.24) is 0 Å². The number of sulfone groups is 1. The predicted octanol–water partition coefficient (Wildman–Crippen LogP) is 3.23. The molecule has 0 saturated carbocycles. The molecule has 2 rings (SSSR count). The zero-order valence-electron chi connectivity index (χ0n) is 11.3. The van der Waals surface area contributed by atoms with E-state index in [1.54, 1.807) is 0 Å². The summed E-state index contributed by atoms with van der Waals surface area (Å²) < 4.78 is 60.8. The van der Waals surface area contributed by atoms with Crippen LogP contribution in [0.4, 0.5) is 18.9 Å². The van der Waals surface area contributed by atoms with E-state index >= 15 is 0 Å². The second-order valence-electron chi connectivity index (χ2n) is 5.21. The highest BCUT2D eigenvalue weighted by molar-refractivity contribution is 9.10. The van der Waals surface area contributed by atoms with Crippen LogP contribution in [0, 0.1) is 5.92 Å². The molecule has 1 atom stereocenters. The number of carbonyl (C=O) groups excluding carboxylic acids is 1. The van der Waals surface area contributed by atoms with Gasteiger partial charge in [0.15, 0.2) is 9.84 Å². The Balaban J connectivity index is 2.03. The molecule has 0 spiro atoms. The van der Waals surface area contributed by atoms with Gasteiger partial charge >= 0.3 is 6.18 Å². The van der Waals surface area contributed by atoms with Gasteiger partial charge in [-0.15, -0.1) is 0 Å². The first-order valence-electron chi connectivity index (χ1n) is 6.44. The molecule has 0 aliphatic carbocycles. The first-order valence-corrected chi connectivity index (χ1v) is 9.05. The van der Waals surface area contributed by atoms with Crippen molar-refractivity contribution in [3.05, 3.63) is 28.2 Å². The molecule has 0 radical (unpaired) electrons. The zero-order chi connectivity index (χ0) is 16.5. The fourth-order valence-electron chi connectivity index (χ4n) is 2.33. The fraction of sp³-hybridized carbons (Fsp3) is 0.462. The lowest BCUT2D eigenvalue weighted by atomic mass is 10.0. The number of hydrogen-bond acceptors (Lipinski definition) is 3. The molecule has 1 aliphatic rings. The van der Waals surface area contributed by atoms with Crippen molar-refractivity contribution >= 4 is 37.4 Å². The molecule has 1 aromatic carbocycles. The summed E-state index contributed by atoms with van der Waals surface area (Å²) in [6.07, 6.45) is -4.14. The lowest BCUT2D eigenvalue weighted by molar-refractivity contribution is -0.138. The van der Waals surface area contributed by atoms with E-state index in [2.05, 4.69) is 21.2 Å². The van der Waals surface area contributed by atoms with Crippen LogP contribution in [-0.4, -0.2) is 25.8 Å². The average molecular weight is 400 g/mol. The number of halogens is 4. The third kappa shape index (κ3) is 4.45. The first kappa shape index (κ1) is 17.3. The Morgan fingerprint density at radius 1 is 1.36 bits per heavy atom. The Hall–Kier alpha value is -1.09. The molecule has 1 heterocycles. The lowest BCUT2D eigenvalue weighted by Gasteiger charge is -2.13. The molecule has 0 aromatic heterocycles. The molecule has 0 unspecified atom stereocenters. The van der Waals surface area contributed by atoms with E-state index in [1.165, 1.54) is 12.1 Å². The van der Waals surface area contributed by atoms with Crippen molar-refractivity contribution in [2.75, 3.05) is 16.8 Å². The standard InChI is InChI=1S/C13H13BrF3NO3S/c14-11-2-1-9(6-10(11)13(15,16)17)18-12(19)5-8-3-4-22(20,21)7-8/h1-2,6,8H,3-5,7H2,(H,18,19)/t8-/m0/s1. The Bertz CT molecular complexity index is 688. The van der Waals surface area contributed by atoms with E-state index in [9.17, 15) is 26.4 Å². The van der Waals surface area contributed by atoms with Crippen LogP contribution in [0.5, 0.6) is 0 Å². The molecule has 1 saturated heterocycles. The third-order valence-electron chi connectivity index (χ3n) is 3.36. The van der Waals surface area contributed by atoms with Crippen molar-refractivity contribution in [3.63, 3.8) is 0 Å². The zero-order valence-corrected chi connectivity index (χ0v) is 13.7. The van der Waals surface area contributed by atoms with Gasteiger partial charge in [0.2, 0.25) is 5.91 Å². The molecule has 1 N–H and O–H groups in total. The van der Waals surface area contributed by atoms with E-state index in [-0.39, 0.29) is 34.0 Å². The highest BCUT2D eigenvalue weighted by Crippen LogP contribution is 2.36. The third-order valence-corrected chi connectivity index (χ3v) is 5.88. The van der Waals surface area contributed by atoms with E-state index in [1.807, 2.05) is 0 Å². The minimum atomic E-state index is -4.53. The van der Waals surface area contributed by atoms with Crippen LogP contribution in [0.2, 0.25) is 0 Å². The summed E-state index contributed by atoms with van der Waals surface area (Å²) in [5, 5.41) is 2.38. The van der Waals surface area contributed by atoms with Gasteiger partial charge in [0.25, 0.3) is 0 Å². The number of alkyl halides is 3. The molecule has 22 heavy (non-hydrogen) atoms. The maximum absolute atomic E-state index is 12.8. The van der Waals surface area contributed by atoms with Gasteiger partial charge < -0.3 is 5.32 Å². The first-order chi connectivity index (χ1) is 10.1. The molecule has 122 valence electrons. The number of amides is 1. The number of rotatable bonds is 3. The Morgan fingerprint density at radius 2 is 2.05 bits per heavy atom. The summed E-state index contributed by atoms with van der Waals surface area (Å²) in [5.74, 6) is -0.754. The number of carbonyl (C=O) groups is 1. The SMILES string of the molecule is O=C(C[C@@H]1CCS(=O)(=O)C1)Nc1ccc(Br)c(C(F)(F)F)c1. The monoisotopic (exact) mass is 399 g/mol. The molecular weight excluding hydrogens is 387 g/mol. The number of anilines is 1. The van der Waals surface area contributed by atoms with Crippen molar-refractivity contribution in [1.29, 1.82) is 0 Å². The van der Waals surface area contributed by atoms with E-state index in [0.717, 1.165) is 6.07 Å². The second-order valence-corrected chi connectivity index (χ2v) is 8.30. The predicted molar refractivity (Wildman–Crippen MR) is 79.2 cm³/mol. The molecular formula is C13H13BrF3NO3S. The van der Waals surface area contributed by atoms with Crippen LogP contribution in [0.3, 0.4) is 0 Å². The minimum absolute atomic E-state index is 0.0172. The molecule has 1 aromatic rings. The van der Waals surface area contributed by atoms with Crippen molar-refractivity contribution < 1.29 is 26.4 Å². The Morgan fingerprint density at radius 3 is 2.59 bits per heavy atom. The quantitative estimate of drug-likeness (QED) is 0.848. The highest BCUT2D eigenvalue weighted by atomic mass is 79.9. The number of benzene rings is 1. The maximum Gasteiger partial charge on any atom is 0.417 e. The summed E-state index contributed by atoms with van der Waals surface area (Å²) in [6, 6.07) is 3.40. The maximum atomic E-state index is 12.8. The van der Waals surface area contributed by atoms with Gasteiger partial charge in [0.05, 0.1) is 17.1 Å². The number of nitrogens with one attached hydrogen (secondary N) is 1. The van der Waals surface area contributed by atoms with Crippen LogP contribution in [0.15, 0.2) is 22.7 Å². The topological polar surface area (TPSA) is 63.2 Å². The summed E-state index contributed by atoms with van der Waals surface area (Å²) in [5.41, 5.74) is -0.852. The fourth-order valence-corrected chi connectivity index (χ4v) is 4.66. The summed E-state index contributed by atoms with van der Waals surface area (Å²) in [4.78, 5) is 11.8. The van der Waals surface area contributed by atoms with Crippen LogP contribution < -0.4 is 5.32 Å². The molecule has 1 aliphatic heterocycles. The van der Waals surface area contributed by atoms with Crippen molar-refractivity contribution in [2.24, 2.45) is 5.92 Å². The molecule has 1 amide bonds. The van der Waals surface area contributed by atoms with Gasteiger partial charge in [0, 0.05) is 16.6 Å². The largest absolute Gasteiger partial charge is 0.417 e. The normalized spacial score (nSPS) is 20.8. The summed E-state index contributed by atoms with van der Waals surface area (Å²) in [7, 11) is -3.08. The molecule has 9 heteroatoms. The van der Waals surface area contributed by atoms with E-state index in [0.29, 0.717) is 6.42 Å². The summed E-state index contributed by atoms with van der Waals surface area (Å²) >= 11 is 2.82. The van der Waals surface area contributed by atoms with Crippen LogP contribution >= 0.6 is 15.9 Å². The number of hydrogen-bond donors (Lipinski definition) is 1.